The molecule has 0 aliphatic heterocycles. The Balaban J connectivity index is 2.08. The fourth-order valence-corrected chi connectivity index (χ4v) is 2.07. The summed E-state index contributed by atoms with van der Waals surface area (Å²) in [6.45, 7) is 0. The molecule has 0 saturated heterocycles. The van der Waals surface area contributed by atoms with Crippen molar-refractivity contribution < 1.29 is 0 Å². The van der Waals surface area contributed by atoms with Crippen molar-refractivity contribution in [1.29, 1.82) is 0 Å². The van der Waals surface area contributed by atoms with Crippen LogP contribution in [-0.2, 0) is 17.5 Å². The maximum absolute atomic E-state index is 2.30. The zero-order valence-electron chi connectivity index (χ0n) is 7.46. The molecule has 0 heterocycles. The van der Waals surface area contributed by atoms with E-state index >= 15 is 0 Å². The normalized spacial score (nSPS) is 16.4. The molecule has 1 heteroatoms. The third-order valence-electron chi connectivity index (χ3n) is 2.37. The molecule has 0 N–H and O–H groups in total. The zero-order chi connectivity index (χ0) is 8.39. The fraction of sp³-hybridized carbons (Fsp3) is 0.455. The minimum atomic E-state index is 0.901. The predicted molar refractivity (Wildman–Crippen MR) is 56.8 cm³/mol. The summed E-state index contributed by atoms with van der Waals surface area (Å²) in [5.41, 5.74) is 3.02. The summed E-state index contributed by atoms with van der Waals surface area (Å²) in [7, 11) is 0. The van der Waals surface area contributed by atoms with Crippen LogP contribution >= 0.6 is 0 Å². The molecule has 0 amide bonds. The average molecular weight is 179 g/mol. The van der Waals surface area contributed by atoms with Gasteiger partial charge in [0.1, 0.15) is 5.75 Å². The molecular weight excluding hydrogens is 164 g/mol. The molecule has 12 heavy (non-hydrogen) atoms. The molecule has 0 atom stereocenters. The van der Waals surface area contributed by atoms with E-state index in [0.29, 0.717) is 0 Å². The van der Waals surface area contributed by atoms with E-state index in [1.54, 1.807) is 5.56 Å². The van der Waals surface area contributed by atoms with Crippen LogP contribution in [0, 0.1) is 0 Å². The Morgan fingerprint density at radius 2 is 1.92 bits per heavy atom. The van der Waals surface area contributed by atoms with E-state index in [9.17, 15) is 0 Å². The molecule has 1 aliphatic carbocycles. The lowest BCUT2D eigenvalue weighted by Crippen LogP contribution is -1.86. The van der Waals surface area contributed by atoms with Gasteiger partial charge in [0.05, 0.1) is 6.26 Å². The number of rotatable bonds is 3. The van der Waals surface area contributed by atoms with Crippen LogP contribution in [0.4, 0.5) is 0 Å². The second-order valence-corrected chi connectivity index (χ2v) is 4.44. The first-order valence-corrected chi connectivity index (χ1v) is 6.07. The Labute approximate surface area is 78.4 Å². The minimum absolute atomic E-state index is 0.901. The Bertz CT molecular complexity index is 246. The Kier molecular flexibility index (Phi) is 2.40. The van der Waals surface area contributed by atoms with Crippen molar-refractivity contribution >= 4 is 11.8 Å². The third-order valence-corrected chi connectivity index (χ3v) is 3.05. The van der Waals surface area contributed by atoms with E-state index in [2.05, 4.69) is 30.5 Å². The highest BCUT2D eigenvalue weighted by atomic mass is 32.2. The number of benzene rings is 1. The van der Waals surface area contributed by atoms with E-state index in [-0.39, 0.29) is 0 Å². The quantitative estimate of drug-likeness (QED) is 0.494. The van der Waals surface area contributed by atoms with Crippen LogP contribution in [-0.4, -0.2) is 6.26 Å². The largest absolute Gasteiger partial charge is 0.130 e. The summed E-state index contributed by atoms with van der Waals surface area (Å²) in [6.07, 6.45) is 5.02. The minimum Gasteiger partial charge on any atom is -0.0583 e. The van der Waals surface area contributed by atoms with Gasteiger partial charge in [0, 0.05) is 5.56 Å². The predicted octanol–water partition coefficient (Wildman–Crippen LogP) is 2.51. The summed E-state index contributed by atoms with van der Waals surface area (Å²) in [5.74, 6) is 2.10. The number of hydrogen-bond acceptors (Lipinski definition) is 0. The van der Waals surface area contributed by atoms with Crippen LogP contribution in [0.1, 0.15) is 29.9 Å². The van der Waals surface area contributed by atoms with Crippen LogP contribution < -0.4 is 0 Å². The van der Waals surface area contributed by atoms with Crippen molar-refractivity contribution in [2.75, 3.05) is 6.26 Å². The topological polar surface area (TPSA) is 0 Å². The van der Waals surface area contributed by atoms with Crippen molar-refractivity contribution in [3.8, 4) is 0 Å². The molecule has 1 aromatic rings. The molecule has 0 aromatic heterocycles. The second-order valence-electron chi connectivity index (χ2n) is 3.49. The summed E-state index contributed by atoms with van der Waals surface area (Å²) in [4.78, 5) is 0. The van der Waals surface area contributed by atoms with Crippen LogP contribution in [0.25, 0.3) is 0 Å². The van der Waals surface area contributed by atoms with Gasteiger partial charge in [0.2, 0.25) is 0 Å². The molecule has 0 radical (unpaired) electrons. The van der Waals surface area contributed by atoms with Crippen LogP contribution in [0.5, 0.6) is 0 Å². The maximum Gasteiger partial charge on any atom is 0.130 e. The lowest BCUT2D eigenvalue weighted by atomic mass is 10.1. The van der Waals surface area contributed by atoms with Gasteiger partial charge < -0.3 is 0 Å². The number of thiol groups is 1. The van der Waals surface area contributed by atoms with E-state index in [4.69, 9.17) is 0 Å². The van der Waals surface area contributed by atoms with Gasteiger partial charge in [-0.15, -0.1) is 0 Å². The van der Waals surface area contributed by atoms with E-state index in [1.165, 1.54) is 35.9 Å². The molecule has 0 spiro atoms. The highest BCUT2D eigenvalue weighted by Crippen LogP contribution is 2.39. The molecule has 1 aliphatic rings. The lowest BCUT2D eigenvalue weighted by molar-refractivity contribution is 1.12. The van der Waals surface area contributed by atoms with Crippen molar-refractivity contribution in [3.63, 3.8) is 0 Å². The highest BCUT2D eigenvalue weighted by Gasteiger charge is 2.22. The van der Waals surface area contributed by atoms with Gasteiger partial charge in [0.15, 0.2) is 0 Å². The second kappa shape index (κ2) is 3.53. The van der Waals surface area contributed by atoms with Crippen molar-refractivity contribution in [3.05, 3.63) is 35.4 Å². The smallest absolute Gasteiger partial charge is 0.0583 e. The summed E-state index contributed by atoms with van der Waals surface area (Å²) in [6, 6.07) is 9.17. The van der Waals surface area contributed by atoms with E-state index in [1.807, 2.05) is 0 Å². The summed E-state index contributed by atoms with van der Waals surface area (Å²) >= 11 is 1.46. The molecule has 1 fully saturated rings. The van der Waals surface area contributed by atoms with Gasteiger partial charge in [-0.2, -0.15) is 0 Å². The first-order chi connectivity index (χ1) is 5.90. The SMILES string of the molecule is C[SH+]Cc1ccc(C2CC2)cc1. The molecule has 1 saturated carbocycles. The Morgan fingerprint density at radius 3 is 2.42 bits per heavy atom. The molecule has 2 rings (SSSR count). The van der Waals surface area contributed by atoms with Gasteiger partial charge in [-0.05, 0) is 36.1 Å². The van der Waals surface area contributed by atoms with Gasteiger partial charge in [-0.3, -0.25) is 0 Å². The van der Waals surface area contributed by atoms with Crippen LogP contribution in [0.15, 0.2) is 24.3 Å². The van der Waals surface area contributed by atoms with Gasteiger partial charge in [-0.25, -0.2) is 0 Å². The van der Waals surface area contributed by atoms with Crippen LogP contribution in [0.3, 0.4) is 0 Å². The van der Waals surface area contributed by atoms with Crippen molar-refractivity contribution in [2.24, 2.45) is 0 Å². The zero-order valence-corrected chi connectivity index (χ0v) is 8.35. The molecule has 1 aromatic carbocycles. The van der Waals surface area contributed by atoms with E-state index < -0.39 is 0 Å². The number of hydrogen-bond donors (Lipinski definition) is 0. The maximum atomic E-state index is 2.30. The van der Waals surface area contributed by atoms with E-state index in [0.717, 1.165) is 5.92 Å². The first kappa shape index (κ1) is 8.18. The standard InChI is InChI=1S/C11H14S/c1-12-8-9-2-4-10(5-3-9)11-6-7-11/h2-5,11H,6-8H2,1H3/p+1. The highest BCUT2D eigenvalue weighted by molar-refractivity contribution is 7.76. The summed E-state index contributed by atoms with van der Waals surface area (Å²) in [5, 5.41) is 0. The lowest BCUT2D eigenvalue weighted by Gasteiger charge is -1.98. The van der Waals surface area contributed by atoms with Crippen molar-refractivity contribution in [1.82, 2.24) is 0 Å². The Morgan fingerprint density at radius 1 is 1.25 bits per heavy atom. The molecular formula is C11H15S+. The van der Waals surface area contributed by atoms with Gasteiger partial charge >= 0.3 is 0 Å². The molecule has 0 bridgehead atoms. The molecule has 0 nitrogen and oxygen atoms in total. The third kappa shape index (κ3) is 1.84. The fourth-order valence-electron chi connectivity index (χ4n) is 1.49. The monoisotopic (exact) mass is 179 g/mol. The first-order valence-electron chi connectivity index (χ1n) is 4.54. The average Bonchev–Trinajstić information content (AvgIpc) is 2.89. The van der Waals surface area contributed by atoms with Gasteiger partial charge in [0.25, 0.3) is 0 Å². The van der Waals surface area contributed by atoms with Crippen LogP contribution in [0.2, 0.25) is 0 Å². The Hall–Kier alpha value is -0.430. The summed E-state index contributed by atoms with van der Waals surface area (Å²) < 4.78 is 0. The molecule has 64 valence electrons. The molecule has 0 unspecified atom stereocenters. The van der Waals surface area contributed by atoms with Crippen molar-refractivity contribution in [2.45, 2.75) is 24.5 Å². The van der Waals surface area contributed by atoms with Gasteiger partial charge in [-0.1, -0.05) is 24.3 Å².